The third kappa shape index (κ3) is 2.85. The van der Waals surface area contributed by atoms with E-state index in [9.17, 15) is 14.4 Å². The Bertz CT molecular complexity index is 1180. The Morgan fingerprint density at radius 2 is 1.96 bits per heavy atom. The molecule has 0 saturated heterocycles. The predicted octanol–water partition coefficient (Wildman–Crippen LogP) is 1.44. The summed E-state index contributed by atoms with van der Waals surface area (Å²) in [6.07, 6.45) is 4.32. The van der Waals surface area contributed by atoms with Gasteiger partial charge < -0.3 is 5.32 Å². The van der Waals surface area contributed by atoms with Crippen LogP contribution in [0.2, 0.25) is 0 Å². The van der Waals surface area contributed by atoms with Crippen LogP contribution in [0.1, 0.15) is 40.4 Å². The van der Waals surface area contributed by atoms with Crippen molar-refractivity contribution >= 4 is 16.9 Å². The first-order chi connectivity index (χ1) is 13.0. The van der Waals surface area contributed by atoms with E-state index in [2.05, 4.69) is 16.4 Å². The van der Waals surface area contributed by atoms with Crippen molar-refractivity contribution in [2.45, 2.75) is 25.3 Å². The molecule has 1 aliphatic rings. The number of rotatable bonds is 2. The lowest BCUT2D eigenvalue weighted by molar-refractivity contribution is 0.0932. The normalized spacial score (nSPS) is 16.1. The molecular formula is C20H20N4O3. The van der Waals surface area contributed by atoms with Crippen LogP contribution in [0.5, 0.6) is 0 Å². The van der Waals surface area contributed by atoms with Gasteiger partial charge in [0.15, 0.2) is 0 Å². The van der Waals surface area contributed by atoms with Gasteiger partial charge in [0.25, 0.3) is 11.5 Å². The van der Waals surface area contributed by atoms with Crippen molar-refractivity contribution in [3.8, 4) is 0 Å². The van der Waals surface area contributed by atoms with Gasteiger partial charge in [-0.2, -0.15) is 0 Å². The van der Waals surface area contributed by atoms with Crippen LogP contribution in [-0.2, 0) is 20.5 Å². The van der Waals surface area contributed by atoms with Crippen LogP contribution < -0.4 is 16.6 Å². The summed E-state index contributed by atoms with van der Waals surface area (Å²) in [5, 5.41) is 3.31. The van der Waals surface area contributed by atoms with Crippen LogP contribution in [0, 0.1) is 0 Å². The fraction of sp³-hybridized carbons (Fsp3) is 0.300. The van der Waals surface area contributed by atoms with Crippen LogP contribution >= 0.6 is 0 Å². The molecule has 138 valence electrons. The van der Waals surface area contributed by atoms with E-state index in [1.165, 1.54) is 29.4 Å². The number of aryl methyl sites for hydroxylation is 2. The molecule has 1 unspecified atom stereocenters. The molecule has 1 amide bonds. The minimum atomic E-state index is -0.460. The Morgan fingerprint density at radius 1 is 1.19 bits per heavy atom. The minimum Gasteiger partial charge on any atom is -0.345 e. The molecule has 1 atom stereocenters. The fourth-order valence-corrected chi connectivity index (χ4v) is 3.73. The first kappa shape index (κ1) is 17.2. The number of carbonyl (C=O) groups excluding carboxylic acids is 1. The molecule has 7 heteroatoms. The molecule has 7 nitrogen and oxygen atoms in total. The van der Waals surface area contributed by atoms with E-state index in [4.69, 9.17) is 0 Å². The van der Waals surface area contributed by atoms with Gasteiger partial charge in [-0.25, -0.2) is 9.78 Å². The number of amides is 1. The Labute approximate surface area is 155 Å². The molecule has 2 heterocycles. The molecule has 1 aliphatic carbocycles. The van der Waals surface area contributed by atoms with Crippen LogP contribution in [-0.4, -0.2) is 20.0 Å². The molecule has 2 aromatic heterocycles. The van der Waals surface area contributed by atoms with Crippen LogP contribution in [0.4, 0.5) is 0 Å². The highest BCUT2D eigenvalue weighted by atomic mass is 16.2. The van der Waals surface area contributed by atoms with Gasteiger partial charge >= 0.3 is 5.69 Å². The highest BCUT2D eigenvalue weighted by Crippen LogP contribution is 2.29. The quantitative estimate of drug-likeness (QED) is 0.746. The van der Waals surface area contributed by atoms with Gasteiger partial charge in [-0.05, 0) is 36.5 Å². The van der Waals surface area contributed by atoms with E-state index >= 15 is 0 Å². The average molecular weight is 364 g/mol. The SMILES string of the molecule is Cn1c(=O)c2cc(C(=O)NC3CCCc4ccccc43)cnc2n(C)c1=O. The maximum Gasteiger partial charge on any atom is 0.332 e. The van der Waals surface area contributed by atoms with E-state index in [1.807, 2.05) is 18.2 Å². The zero-order chi connectivity index (χ0) is 19.1. The van der Waals surface area contributed by atoms with Gasteiger partial charge in [-0.3, -0.25) is 18.7 Å². The summed E-state index contributed by atoms with van der Waals surface area (Å²) in [7, 11) is 2.96. The maximum absolute atomic E-state index is 12.8. The maximum atomic E-state index is 12.8. The van der Waals surface area contributed by atoms with Crippen molar-refractivity contribution in [2.24, 2.45) is 14.1 Å². The molecule has 0 spiro atoms. The Balaban J connectivity index is 1.70. The molecule has 1 aromatic carbocycles. The average Bonchev–Trinajstić information content (AvgIpc) is 2.70. The van der Waals surface area contributed by atoms with Crippen molar-refractivity contribution in [3.05, 3.63) is 74.1 Å². The monoisotopic (exact) mass is 364 g/mol. The highest BCUT2D eigenvalue weighted by Gasteiger charge is 2.22. The second-order valence-electron chi connectivity index (χ2n) is 6.92. The van der Waals surface area contributed by atoms with E-state index in [0.29, 0.717) is 5.56 Å². The van der Waals surface area contributed by atoms with Crippen molar-refractivity contribution in [1.82, 2.24) is 19.4 Å². The van der Waals surface area contributed by atoms with E-state index in [1.54, 1.807) is 7.05 Å². The number of nitrogens with one attached hydrogen (secondary N) is 1. The lowest BCUT2D eigenvalue weighted by atomic mass is 9.87. The molecule has 0 bridgehead atoms. The highest BCUT2D eigenvalue weighted by molar-refractivity contribution is 5.97. The van der Waals surface area contributed by atoms with Crippen LogP contribution in [0.15, 0.2) is 46.1 Å². The third-order valence-electron chi connectivity index (χ3n) is 5.23. The number of nitrogens with zero attached hydrogens (tertiary/aromatic N) is 3. The Hall–Kier alpha value is -3.22. The summed E-state index contributed by atoms with van der Waals surface area (Å²) < 4.78 is 2.32. The summed E-state index contributed by atoms with van der Waals surface area (Å²) in [6, 6.07) is 9.58. The molecule has 4 rings (SSSR count). The number of carbonyl (C=O) groups is 1. The van der Waals surface area contributed by atoms with Crippen molar-refractivity contribution in [1.29, 1.82) is 0 Å². The Kier molecular flexibility index (Phi) is 4.14. The van der Waals surface area contributed by atoms with Gasteiger partial charge in [0.05, 0.1) is 17.0 Å². The lowest BCUT2D eigenvalue weighted by Gasteiger charge is -2.26. The summed E-state index contributed by atoms with van der Waals surface area (Å²) >= 11 is 0. The lowest BCUT2D eigenvalue weighted by Crippen LogP contribution is -2.37. The smallest absolute Gasteiger partial charge is 0.332 e. The molecule has 3 aromatic rings. The van der Waals surface area contributed by atoms with Gasteiger partial charge in [0.2, 0.25) is 0 Å². The first-order valence-corrected chi connectivity index (χ1v) is 8.92. The van der Waals surface area contributed by atoms with Crippen molar-refractivity contribution < 1.29 is 4.79 Å². The molecule has 27 heavy (non-hydrogen) atoms. The molecule has 1 N–H and O–H groups in total. The first-order valence-electron chi connectivity index (χ1n) is 8.92. The zero-order valence-electron chi connectivity index (χ0n) is 15.2. The number of hydrogen-bond acceptors (Lipinski definition) is 4. The minimum absolute atomic E-state index is 0.0545. The van der Waals surface area contributed by atoms with Crippen molar-refractivity contribution in [3.63, 3.8) is 0 Å². The van der Waals surface area contributed by atoms with Crippen molar-refractivity contribution in [2.75, 3.05) is 0 Å². The standard InChI is InChI=1S/C20H20N4O3/c1-23-17-15(19(26)24(2)20(23)27)10-13(11-21-17)18(25)22-16-9-5-7-12-6-3-4-8-14(12)16/h3-4,6,8,10-11,16H,5,7,9H2,1-2H3,(H,22,25). The molecule has 0 aliphatic heterocycles. The number of pyridine rings is 1. The molecular weight excluding hydrogens is 344 g/mol. The van der Waals surface area contributed by atoms with Crippen LogP contribution in [0.25, 0.3) is 11.0 Å². The van der Waals surface area contributed by atoms with Gasteiger partial charge in [-0.15, -0.1) is 0 Å². The van der Waals surface area contributed by atoms with Crippen LogP contribution in [0.3, 0.4) is 0 Å². The van der Waals surface area contributed by atoms with E-state index in [0.717, 1.165) is 29.4 Å². The largest absolute Gasteiger partial charge is 0.345 e. The van der Waals surface area contributed by atoms with E-state index in [-0.39, 0.29) is 23.0 Å². The predicted molar refractivity (Wildman–Crippen MR) is 102 cm³/mol. The van der Waals surface area contributed by atoms with E-state index < -0.39 is 11.2 Å². The number of benzene rings is 1. The Morgan fingerprint density at radius 3 is 2.78 bits per heavy atom. The number of fused-ring (bicyclic) bond motifs is 2. The molecule has 0 saturated carbocycles. The number of aromatic nitrogens is 3. The topological polar surface area (TPSA) is 86.0 Å². The number of hydrogen-bond donors (Lipinski definition) is 1. The summed E-state index contributed by atoms with van der Waals surface area (Å²) in [5.41, 5.74) is 2.07. The van der Waals surface area contributed by atoms with Gasteiger partial charge in [0.1, 0.15) is 5.65 Å². The zero-order valence-corrected chi connectivity index (χ0v) is 15.2. The second kappa shape index (κ2) is 6.50. The molecule has 0 radical (unpaired) electrons. The van der Waals surface area contributed by atoms with Gasteiger partial charge in [-0.1, -0.05) is 24.3 Å². The fourth-order valence-electron chi connectivity index (χ4n) is 3.73. The third-order valence-corrected chi connectivity index (χ3v) is 5.23. The second-order valence-corrected chi connectivity index (χ2v) is 6.92. The van der Waals surface area contributed by atoms with Gasteiger partial charge in [0, 0.05) is 20.3 Å². The summed E-state index contributed by atoms with van der Waals surface area (Å²) in [6.45, 7) is 0. The summed E-state index contributed by atoms with van der Waals surface area (Å²) in [5.74, 6) is -0.276. The summed E-state index contributed by atoms with van der Waals surface area (Å²) in [4.78, 5) is 41.4. The molecule has 0 fully saturated rings.